The van der Waals surface area contributed by atoms with Crippen LogP contribution in [0.25, 0.3) is 0 Å². The van der Waals surface area contributed by atoms with Gasteiger partial charge in [-0.1, -0.05) is 12.8 Å². The molecular weight excluding hydrogens is 158 g/mol. The first-order valence-electron chi connectivity index (χ1n) is 6.14. The van der Waals surface area contributed by atoms with Crippen molar-refractivity contribution in [1.82, 2.24) is 4.90 Å². The van der Waals surface area contributed by atoms with E-state index in [4.69, 9.17) is 0 Å². The van der Waals surface area contributed by atoms with E-state index in [2.05, 4.69) is 4.90 Å². The SMILES string of the molecule is C1CC2CC3CCN(CC3)CC2C1. The topological polar surface area (TPSA) is 3.24 Å². The van der Waals surface area contributed by atoms with E-state index in [9.17, 15) is 0 Å². The summed E-state index contributed by atoms with van der Waals surface area (Å²) in [7, 11) is 0. The Morgan fingerprint density at radius 2 is 1.62 bits per heavy atom. The summed E-state index contributed by atoms with van der Waals surface area (Å²) in [5.41, 5.74) is 0. The normalized spacial score (nSPS) is 49.8. The number of rotatable bonds is 0. The maximum atomic E-state index is 2.73. The highest BCUT2D eigenvalue weighted by molar-refractivity contribution is 4.87. The van der Waals surface area contributed by atoms with Crippen molar-refractivity contribution in [1.29, 1.82) is 0 Å². The second-order valence-corrected chi connectivity index (χ2v) is 5.43. The fourth-order valence-electron chi connectivity index (χ4n) is 3.83. The van der Waals surface area contributed by atoms with Crippen LogP contribution in [0.4, 0.5) is 0 Å². The van der Waals surface area contributed by atoms with Crippen LogP contribution in [0.2, 0.25) is 0 Å². The molecule has 2 atom stereocenters. The zero-order chi connectivity index (χ0) is 8.67. The third kappa shape index (κ3) is 1.52. The Morgan fingerprint density at radius 1 is 0.846 bits per heavy atom. The van der Waals surface area contributed by atoms with Gasteiger partial charge in [0.25, 0.3) is 0 Å². The predicted octanol–water partition coefficient (Wildman–Crippen LogP) is 2.52. The molecule has 0 aromatic rings. The van der Waals surface area contributed by atoms with Gasteiger partial charge in [0.2, 0.25) is 0 Å². The van der Waals surface area contributed by atoms with Crippen molar-refractivity contribution < 1.29 is 0 Å². The van der Waals surface area contributed by atoms with Crippen LogP contribution in [0.15, 0.2) is 0 Å². The monoisotopic (exact) mass is 179 g/mol. The first kappa shape index (κ1) is 8.28. The number of hydrogen-bond acceptors (Lipinski definition) is 1. The van der Waals surface area contributed by atoms with E-state index in [1.54, 1.807) is 12.8 Å². The maximum absolute atomic E-state index is 2.73. The molecule has 2 unspecified atom stereocenters. The molecule has 0 aromatic heterocycles. The van der Waals surface area contributed by atoms with Gasteiger partial charge >= 0.3 is 0 Å². The van der Waals surface area contributed by atoms with Crippen molar-refractivity contribution in [3.8, 4) is 0 Å². The van der Waals surface area contributed by atoms with Gasteiger partial charge < -0.3 is 4.90 Å². The van der Waals surface area contributed by atoms with Crippen LogP contribution < -0.4 is 0 Å². The lowest BCUT2D eigenvalue weighted by Crippen LogP contribution is -2.41. The molecule has 74 valence electrons. The Kier molecular flexibility index (Phi) is 2.08. The highest BCUT2D eigenvalue weighted by atomic mass is 15.1. The van der Waals surface area contributed by atoms with Gasteiger partial charge in [-0.2, -0.15) is 0 Å². The van der Waals surface area contributed by atoms with Gasteiger partial charge in [0.15, 0.2) is 0 Å². The number of fused-ring (bicyclic) bond motifs is 2. The fourth-order valence-corrected chi connectivity index (χ4v) is 3.83. The molecule has 4 rings (SSSR count). The van der Waals surface area contributed by atoms with E-state index in [0.717, 1.165) is 17.8 Å². The molecule has 0 amide bonds. The lowest BCUT2D eigenvalue weighted by molar-refractivity contribution is 0.0947. The minimum absolute atomic E-state index is 1.09. The molecule has 0 spiro atoms. The zero-order valence-corrected chi connectivity index (χ0v) is 8.54. The molecule has 3 aliphatic heterocycles. The summed E-state index contributed by atoms with van der Waals surface area (Å²) in [6, 6.07) is 0. The van der Waals surface area contributed by atoms with E-state index in [1.807, 2.05) is 0 Å². The highest BCUT2D eigenvalue weighted by Crippen LogP contribution is 2.41. The Labute approximate surface area is 81.5 Å². The second-order valence-electron chi connectivity index (χ2n) is 5.43. The van der Waals surface area contributed by atoms with Gasteiger partial charge in [-0.3, -0.25) is 0 Å². The summed E-state index contributed by atoms with van der Waals surface area (Å²) >= 11 is 0. The van der Waals surface area contributed by atoms with E-state index in [0.29, 0.717) is 0 Å². The summed E-state index contributed by atoms with van der Waals surface area (Å²) < 4.78 is 0. The van der Waals surface area contributed by atoms with Gasteiger partial charge in [0.1, 0.15) is 0 Å². The van der Waals surface area contributed by atoms with Crippen LogP contribution in [0, 0.1) is 17.8 Å². The van der Waals surface area contributed by atoms with E-state index >= 15 is 0 Å². The lowest BCUT2D eigenvalue weighted by atomic mass is 9.79. The molecule has 3 heterocycles. The molecule has 4 aliphatic rings. The quantitative estimate of drug-likeness (QED) is 0.552. The number of hydrogen-bond donors (Lipinski definition) is 0. The number of nitrogens with zero attached hydrogens (tertiary/aromatic N) is 1. The Balaban J connectivity index is 1.76. The second kappa shape index (κ2) is 3.27. The van der Waals surface area contributed by atoms with Crippen molar-refractivity contribution in [2.45, 2.75) is 38.5 Å². The van der Waals surface area contributed by atoms with Crippen LogP contribution in [0.1, 0.15) is 38.5 Å². The summed E-state index contributed by atoms with van der Waals surface area (Å²) in [5, 5.41) is 0. The molecule has 2 bridgehead atoms. The van der Waals surface area contributed by atoms with Gasteiger partial charge in [0.05, 0.1) is 0 Å². The first-order valence-corrected chi connectivity index (χ1v) is 6.14. The van der Waals surface area contributed by atoms with Gasteiger partial charge in [-0.25, -0.2) is 0 Å². The average molecular weight is 179 g/mol. The van der Waals surface area contributed by atoms with Crippen LogP contribution in [-0.2, 0) is 0 Å². The molecule has 0 N–H and O–H groups in total. The largest absolute Gasteiger partial charge is 0.303 e. The molecule has 1 nitrogen and oxygen atoms in total. The maximum Gasteiger partial charge on any atom is 0.00123 e. The van der Waals surface area contributed by atoms with Crippen molar-refractivity contribution in [2.24, 2.45) is 17.8 Å². The molecule has 1 heteroatoms. The third-order valence-corrected chi connectivity index (χ3v) is 4.65. The molecule has 1 aliphatic carbocycles. The molecule has 3 saturated heterocycles. The van der Waals surface area contributed by atoms with E-state index in [1.165, 1.54) is 45.3 Å². The van der Waals surface area contributed by atoms with Crippen LogP contribution in [0.3, 0.4) is 0 Å². The average Bonchev–Trinajstić information content (AvgIpc) is 2.52. The number of piperidine rings is 1. The van der Waals surface area contributed by atoms with Gasteiger partial charge in [-0.05, 0) is 56.5 Å². The van der Waals surface area contributed by atoms with Gasteiger partial charge in [-0.15, -0.1) is 0 Å². The Morgan fingerprint density at radius 3 is 2.46 bits per heavy atom. The summed E-state index contributed by atoms with van der Waals surface area (Å²) in [5.74, 6) is 3.30. The third-order valence-electron chi connectivity index (χ3n) is 4.65. The summed E-state index contributed by atoms with van der Waals surface area (Å²) in [4.78, 5) is 2.73. The minimum Gasteiger partial charge on any atom is -0.303 e. The van der Waals surface area contributed by atoms with Crippen LogP contribution >= 0.6 is 0 Å². The smallest absolute Gasteiger partial charge is 0.00123 e. The molecule has 1 saturated carbocycles. The molecular formula is C12H21N. The van der Waals surface area contributed by atoms with E-state index < -0.39 is 0 Å². The van der Waals surface area contributed by atoms with E-state index in [-0.39, 0.29) is 0 Å². The predicted molar refractivity (Wildman–Crippen MR) is 54.6 cm³/mol. The fraction of sp³-hybridized carbons (Fsp3) is 1.00. The Bertz CT molecular complexity index is 162. The van der Waals surface area contributed by atoms with Crippen LogP contribution in [-0.4, -0.2) is 24.5 Å². The van der Waals surface area contributed by atoms with Crippen molar-refractivity contribution >= 4 is 0 Å². The Hall–Kier alpha value is -0.0400. The molecule has 4 fully saturated rings. The zero-order valence-electron chi connectivity index (χ0n) is 8.54. The van der Waals surface area contributed by atoms with Gasteiger partial charge in [0, 0.05) is 6.54 Å². The standard InChI is InChI=1S/C12H21N/c1-2-11-8-10-4-6-13(7-5-10)9-12(11)3-1/h10-12H,1-9H2. The van der Waals surface area contributed by atoms with Crippen molar-refractivity contribution in [2.75, 3.05) is 19.6 Å². The lowest BCUT2D eigenvalue weighted by Gasteiger charge is -2.40. The van der Waals surface area contributed by atoms with Crippen LogP contribution in [0.5, 0.6) is 0 Å². The first-order chi connectivity index (χ1) is 6.42. The van der Waals surface area contributed by atoms with Crippen molar-refractivity contribution in [3.63, 3.8) is 0 Å². The molecule has 0 aromatic carbocycles. The highest BCUT2D eigenvalue weighted by Gasteiger charge is 2.35. The summed E-state index contributed by atoms with van der Waals surface area (Å²) in [6.45, 7) is 4.26. The van der Waals surface area contributed by atoms with Crippen molar-refractivity contribution in [3.05, 3.63) is 0 Å². The summed E-state index contributed by atoms with van der Waals surface area (Å²) in [6.07, 6.45) is 9.20. The minimum atomic E-state index is 1.09. The molecule has 13 heavy (non-hydrogen) atoms. The molecule has 0 radical (unpaired) electrons.